The highest BCUT2D eigenvalue weighted by atomic mass is 16.2. The number of amides is 4. The van der Waals surface area contributed by atoms with Gasteiger partial charge in [-0.2, -0.15) is 5.26 Å². The Morgan fingerprint density at radius 2 is 2.30 bits per heavy atom. The van der Waals surface area contributed by atoms with Crippen molar-refractivity contribution in [2.75, 3.05) is 13.6 Å². The van der Waals surface area contributed by atoms with Crippen molar-refractivity contribution in [3.05, 3.63) is 0 Å². The first-order chi connectivity index (χ1) is 10.8. The maximum absolute atomic E-state index is 12.2. The second-order valence-corrected chi connectivity index (χ2v) is 5.20. The van der Waals surface area contributed by atoms with Crippen LogP contribution in [0.25, 0.3) is 0 Å². The predicted octanol–water partition coefficient (Wildman–Crippen LogP) is -1.62. The number of aliphatic imine (C=N–C) groups is 1. The molecule has 10 heteroatoms. The molecule has 0 radical (unpaired) electrons. The summed E-state index contributed by atoms with van der Waals surface area (Å²) in [5.74, 6) is -0.776. The molecule has 6 N–H and O–H groups in total. The molecule has 0 aliphatic carbocycles. The number of nitrogens with zero attached hydrogens (tertiary/aromatic N) is 3. The Balaban J connectivity index is 2.53. The van der Waals surface area contributed by atoms with E-state index in [1.165, 1.54) is 11.9 Å². The molecule has 4 amide bonds. The average Bonchev–Trinajstić information content (AvgIpc) is 2.46. The van der Waals surface area contributed by atoms with E-state index in [0.29, 0.717) is 19.3 Å². The molecule has 1 heterocycles. The smallest absolute Gasteiger partial charge is 0.318 e. The number of nitriles is 1. The van der Waals surface area contributed by atoms with Crippen LogP contribution in [-0.4, -0.2) is 54.4 Å². The van der Waals surface area contributed by atoms with E-state index >= 15 is 0 Å². The summed E-state index contributed by atoms with van der Waals surface area (Å²) in [5.41, 5.74) is 10.8. The zero-order valence-electron chi connectivity index (χ0n) is 12.9. The second kappa shape index (κ2) is 8.70. The lowest BCUT2D eigenvalue weighted by atomic mass is 10.1. The van der Waals surface area contributed by atoms with Gasteiger partial charge in [0.15, 0.2) is 0 Å². The van der Waals surface area contributed by atoms with Crippen LogP contribution in [0.5, 0.6) is 0 Å². The molecule has 0 saturated carbocycles. The van der Waals surface area contributed by atoms with E-state index in [0.717, 1.165) is 0 Å². The standard InChI is InChI=1S/C13H21N7O3/c1-20(10(21)6-8(15)4-2-3-5-14)9-7-17-13(18-11(9)22)19-12(16)23/h8-9H,2-4,6-7,15H2,1H3,(H4,16,17,18,19,22,23)/t8-,9?/m0/s1. The van der Waals surface area contributed by atoms with Crippen molar-refractivity contribution in [2.45, 2.75) is 37.8 Å². The zero-order chi connectivity index (χ0) is 17.4. The molecule has 0 bridgehead atoms. The van der Waals surface area contributed by atoms with Crippen LogP contribution in [-0.2, 0) is 9.59 Å². The highest BCUT2D eigenvalue weighted by molar-refractivity contribution is 6.07. The fourth-order valence-corrected chi connectivity index (χ4v) is 2.07. The number of hydrogen-bond acceptors (Lipinski definition) is 6. The predicted molar refractivity (Wildman–Crippen MR) is 81.8 cm³/mol. The normalized spacial score (nSPS) is 18.2. The van der Waals surface area contributed by atoms with E-state index < -0.39 is 18.0 Å². The van der Waals surface area contributed by atoms with Gasteiger partial charge in [-0.1, -0.05) is 0 Å². The summed E-state index contributed by atoms with van der Waals surface area (Å²) in [6.45, 7) is 0.0212. The molecule has 1 unspecified atom stereocenters. The third-order valence-electron chi connectivity index (χ3n) is 3.37. The molecule has 1 aliphatic heterocycles. The van der Waals surface area contributed by atoms with Crippen molar-refractivity contribution in [3.63, 3.8) is 0 Å². The summed E-state index contributed by atoms with van der Waals surface area (Å²) in [7, 11) is 1.50. The third-order valence-corrected chi connectivity index (χ3v) is 3.37. The molecule has 0 aromatic rings. The molecule has 10 nitrogen and oxygen atoms in total. The topological polar surface area (TPSA) is 167 Å². The summed E-state index contributed by atoms with van der Waals surface area (Å²) in [4.78, 5) is 40.1. The molecule has 0 fully saturated rings. The lowest BCUT2D eigenvalue weighted by Gasteiger charge is -2.30. The van der Waals surface area contributed by atoms with E-state index in [2.05, 4.69) is 15.6 Å². The maximum atomic E-state index is 12.2. The number of unbranched alkanes of at least 4 members (excludes halogenated alkanes) is 1. The number of hydrogen-bond donors (Lipinski definition) is 4. The van der Waals surface area contributed by atoms with Crippen LogP contribution in [0, 0.1) is 11.3 Å². The monoisotopic (exact) mass is 323 g/mol. The number of urea groups is 1. The Labute approximate surface area is 133 Å². The fraction of sp³-hybridized carbons (Fsp3) is 0.615. The van der Waals surface area contributed by atoms with Gasteiger partial charge in [-0.05, 0) is 12.8 Å². The highest BCUT2D eigenvalue weighted by Crippen LogP contribution is 2.08. The van der Waals surface area contributed by atoms with Gasteiger partial charge >= 0.3 is 6.03 Å². The minimum Gasteiger partial charge on any atom is -0.351 e. The fourth-order valence-electron chi connectivity index (χ4n) is 2.07. The van der Waals surface area contributed by atoms with E-state index in [1.54, 1.807) is 0 Å². The Morgan fingerprint density at radius 1 is 1.61 bits per heavy atom. The molecule has 0 aromatic heterocycles. The Hall–Kier alpha value is -2.67. The Morgan fingerprint density at radius 3 is 2.87 bits per heavy atom. The van der Waals surface area contributed by atoms with Gasteiger partial charge in [0, 0.05) is 25.9 Å². The zero-order valence-corrected chi connectivity index (χ0v) is 12.9. The van der Waals surface area contributed by atoms with Crippen molar-refractivity contribution in [1.82, 2.24) is 15.5 Å². The van der Waals surface area contributed by atoms with E-state index in [1.807, 2.05) is 6.07 Å². The summed E-state index contributed by atoms with van der Waals surface area (Å²) in [6.07, 6.45) is 1.68. The summed E-state index contributed by atoms with van der Waals surface area (Å²) < 4.78 is 0. The summed E-state index contributed by atoms with van der Waals surface area (Å²) in [5, 5.41) is 13.0. The van der Waals surface area contributed by atoms with E-state index in [-0.39, 0.29) is 30.9 Å². The first-order valence-electron chi connectivity index (χ1n) is 7.15. The molecular weight excluding hydrogens is 302 g/mol. The molecule has 2 atom stereocenters. The number of carbonyl (C=O) groups excluding carboxylic acids is 3. The molecule has 126 valence electrons. The van der Waals surface area contributed by atoms with E-state index in [9.17, 15) is 14.4 Å². The van der Waals surface area contributed by atoms with Gasteiger partial charge in [-0.25, -0.2) is 9.79 Å². The van der Waals surface area contributed by atoms with Crippen molar-refractivity contribution in [1.29, 1.82) is 5.26 Å². The Bertz CT molecular complexity index is 540. The molecule has 1 rings (SSSR count). The average molecular weight is 323 g/mol. The molecule has 23 heavy (non-hydrogen) atoms. The molecule has 0 saturated heterocycles. The van der Waals surface area contributed by atoms with Gasteiger partial charge in [-0.3, -0.25) is 20.2 Å². The summed E-state index contributed by atoms with van der Waals surface area (Å²) in [6, 6.07) is 0.0475. The number of guanidine groups is 1. The number of carbonyl (C=O) groups is 3. The van der Waals surface area contributed by atoms with Gasteiger partial charge in [0.25, 0.3) is 5.91 Å². The lowest BCUT2D eigenvalue weighted by molar-refractivity contribution is -0.138. The quantitative estimate of drug-likeness (QED) is 0.430. The third kappa shape index (κ3) is 5.91. The summed E-state index contributed by atoms with van der Waals surface area (Å²) >= 11 is 0. The van der Waals surface area contributed by atoms with Crippen LogP contribution >= 0.6 is 0 Å². The Kier molecular flexibility index (Phi) is 6.95. The van der Waals surface area contributed by atoms with Crippen LogP contribution in [0.3, 0.4) is 0 Å². The van der Waals surface area contributed by atoms with Crippen LogP contribution < -0.4 is 22.1 Å². The number of nitrogens with two attached hydrogens (primary N) is 2. The molecule has 0 aromatic carbocycles. The largest absolute Gasteiger partial charge is 0.351 e. The first-order valence-corrected chi connectivity index (χ1v) is 7.15. The number of likely N-dealkylation sites (N-methyl/N-ethyl adjacent to an activating group) is 1. The van der Waals surface area contributed by atoms with Gasteiger partial charge in [0.2, 0.25) is 11.9 Å². The molecular formula is C13H21N7O3. The van der Waals surface area contributed by atoms with Crippen molar-refractivity contribution >= 4 is 23.8 Å². The molecule has 0 spiro atoms. The van der Waals surface area contributed by atoms with E-state index in [4.69, 9.17) is 16.7 Å². The van der Waals surface area contributed by atoms with Crippen molar-refractivity contribution in [3.8, 4) is 6.07 Å². The van der Waals surface area contributed by atoms with Gasteiger partial charge in [0.05, 0.1) is 12.6 Å². The molecule has 1 aliphatic rings. The number of rotatable bonds is 6. The van der Waals surface area contributed by atoms with Gasteiger partial charge in [0.1, 0.15) is 6.04 Å². The van der Waals surface area contributed by atoms with Crippen molar-refractivity contribution in [2.24, 2.45) is 16.5 Å². The SMILES string of the molecule is CN(C(=O)C[C@@H](N)CCCC#N)C1CN=C(NC(N)=O)NC1=O. The van der Waals surface area contributed by atoms with Gasteiger partial charge < -0.3 is 16.4 Å². The van der Waals surface area contributed by atoms with Crippen LogP contribution in [0.1, 0.15) is 25.7 Å². The van der Waals surface area contributed by atoms with Crippen molar-refractivity contribution < 1.29 is 14.4 Å². The first kappa shape index (κ1) is 18.4. The highest BCUT2D eigenvalue weighted by Gasteiger charge is 2.31. The number of nitrogens with one attached hydrogen (secondary N) is 2. The lowest BCUT2D eigenvalue weighted by Crippen LogP contribution is -2.58. The second-order valence-electron chi connectivity index (χ2n) is 5.20. The van der Waals surface area contributed by atoms with Crippen LogP contribution in [0.2, 0.25) is 0 Å². The van der Waals surface area contributed by atoms with Crippen LogP contribution in [0.4, 0.5) is 4.79 Å². The van der Waals surface area contributed by atoms with Crippen LogP contribution in [0.15, 0.2) is 4.99 Å². The minimum absolute atomic E-state index is 0.0212. The minimum atomic E-state index is -0.838. The number of primary amides is 1. The maximum Gasteiger partial charge on any atom is 0.318 e. The van der Waals surface area contributed by atoms with Gasteiger partial charge in [-0.15, -0.1) is 0 Å².